The van der Waals surface area contributed by atoms with Crippen LogP contribution < -0.4 is 0 Å². The summed E-state index contributed by atoms with van der Waals surface area (Å²) in [6.07, 6.45) is 0. The maximum atomic E-state index is 12.9. The summed E-state index contributed by atoms with van der Waals surface area (Å²) in [6, 6.07) is 13.9. The molecule has 11 nitrogen and oxygen atoms in total. The number of benzene rings is 4. The molecule has 0 unspecified atom stereocenters. The van der Waals surface area contributed by atoms with Crippen molar-refractivity contribution in [3.63, 3.8) is 0 Å². The number of ether oxygens (including phenoxy) is 1. The highest BCUT2D eigenvalue weighted by molar-refractivity contribution is 6.17. The van der Waals surface area contributed by atoms with E-state index in [9.17, 15) is 40.0 Å². The Morgan fingerprint density at radius 1 is 0.697 bits per heavy atom. The second-order valence-corrected chi connectivity index (χ2v) is 6.87. The summed E-state index contributed by atoms with van der Waals surface area (Å²) in [6.45, 7) is 0. The molecule has 33 heavy (non-hydrogen) atoms. The van der Waals surface area contributed by atoms with Crippen LogP contribution in [-0.2, 0) is 4.74 Å². The second kappa shape index (κ2) is 7.89. The summed E-state index contributed by atoms with van der Waals surface area (Å²) in [5.74, 6) is -4.65. The van der Waals surface area contributed by atoms with Crippen LogP contribution in [0, 0.1) is 20.2 Å². The highest BCUT2D eigenvalue weighted by atomic mass is 16.6. The van der Waals surface area contributed by atoms with Crippen LogP contribution in [0.1, 0.15) is 20.7 Å². The quantitative estimate of drug-likeness (QED) is 0.201. The summed E-state index contributed by atoms with van der Waals surface area (Å²) in [5.41, 5.74) is -3.37. The van der Waals surface area contributed by atoms with Gasteiger partial charge in [-0.2, -0.15) is 0 Å². The molecule has 0 bridgehead atoms. The van der Waals surface area contributed by atoms with E-state index < -0.39 is 55.8 Å². The Morgan fingerprint density at radius 3 is 1.42 bits per heavy atom. The largest absolute Gasteiger partial charge is 0.502 e. The molecular weight excluding hydrogens is 436 g/mol. The van der Waals surface area contributed by atoms with Gasteiger partial charge in [0.2, 0.25) is 0 Å². The van der Waals surface area contributed by atoms with Crippen molar-refractivity contribution in [1.29, 1.82) is 0 Å². The average Bonchev–Trinajstić information content (AvgIpc) is 2.76. The third-order valence-corrected chi connectivity index (χ3v) is 4.96. The fourth-order valence-corrected chi connectivity index (χ4v) is 3.61. The molecule has 0 saturated heterocycles. The van der Waals surface area contributed by atoms with Gasteiger partial charge in [0.15, 0.2) is 11.5 Å². The lowest BCUT2D eigenvalue weighted by molar-refractivity contribution is -0.386. The number of nitrogens with zero attached hydrogens (tertiary/aromatic N) is 2. The van der Waals surface area contributed by atoms with Gasteiger partial charge in [0, 0.05) is 10.8 Å². The highest BCUT2D eigenvalue weighted by Gasteiger charge is 2.34. The molecule has 0 aliphatic heterocycles. The van der Waals surface area contributed by atoms with Crippen LogP contribution in [-0.4, -0.2) is 32.0 Å². The van der Waals surface area contributed by atoms with Crippen LogP contribution in [0.15, 0.2) is 60.7 Å². The first-order valence-corrected chi connectivity index (χ1v) is 9.25. The van der Waals surface area contributed by atoms with Crippen molar-refractivity contribution >= 4 is 44.9 Å². The number of hydrogen-bond donors (Lipinski definition) is 2. The van der Waals surface area contributed by atoms with Gasteiger partial charge in [0.25, 0.3) is 0 Å². The molecule has 0 aromatic heterocycles. The van der Waals surface area contributed by atoms with Crippen molar-refractivity contribution in [2.45, 2.75) is 0 Å². The summed E-state index contributed by atoms with van der Waals surface area (Å²) in [5, 5.41) is 43.8. The van der Waals surface area contributed by atoms with Crippen molar-refractivity contribution < 1.29 is 34.4 Å². The van der Waals surface area contributed by atoms with Crippen molar-refractivity contribution in [3.8, 4) is 11.5 Å². The lowest BCUT2D eigenvalue weighted by Gasteiger charge is -2.11. The number of carbonyl (C=O) groups excluding carboxylic acids is 2. The Labute approximate surface area is 183 Å². The molecule has 0 aliphatic carbocycles. The maximum absolute atomic E-state index is 12.9. The van der Waals surface area contributed by atoms with Gasteiger partial charge in [-0.1, -0.05) is 48.5 Å². The van der Waals surface area contributed by atoms with E-state index in [4.69, 9.17) is 4.74 Å². The van der Waals surface area contributed by atoms with Crippen LogP contribution in [0.5, 0.6) is 11.5 Å². The predicted molar refractivity (Wildman–Crippen MR) is 114 cm³/mol. The van der Waals surface area contributed by atoms with Gasteiger partial charge in [0.1, 0.15) is 11.1 Å². The van der Waals surface area contributed by atoms with Gasteiger partial charge in [-0.15, -0.1) is 0 Å². The fraction of sp³-hybridized carbons (Fsp3) is 0. The zero-order valence-corrected chi connectivity index (χ0v) is 16.4. The molecule has 0 amide bonds. The van der Waals surface area contributed by atoms with E-state index in [1.807, 2.05) is 0 Å². The zero-order chi connectivity index (χ0) is 23.9. The third-order valence-electron chi connectivity index (χ3n) is 4.96. The first-order valence-electron chi connectivity index (χ1n) is 9.25. The molecule has 0 aliphatic rings. The normalized spacial score (nSPS) is 10.8. The van der Waals surface area contributed by atoms with Gasteiger partial charge in [-0.3, -0.25) is 20.2 Å². The van der Waals surface area contributed by atoms with E-state index in [1.54, 1.807) is 12.1 Å². The summed E-state index contributed by atoms with van der Waals surface area (Å²) >= 11 is 0. The molecule has 2 N–H and O–H groups in total. The molecule has 0 fully saturated rings. The number of hydrogen-bond acceptors (Lipinski definition) is 9. The first-order chi connectivity index (χ1) is 15.7. The molecule has 0 radical (unpaired) electrons. The molecule has 0 atom stereocenters. The SMILES string of the molecule is O=C(OC(=O)c1c([N+](=O)[O-])c(O)cc2ccccc12)c1c([N+](=O)[O-])c(O)cc2ccccc12. The number of phenolic OH excluding ortho intramolecular Hbond substituents is 2. The number of aromatic hydroxyl groups is 2. The minimum Gasteiger partial charge on any atom is -0.502 e. The molecule has 0 saturated carbocycles. The third kappa shape index (κ3) is 3.53. The average molecular weight is 448 g/mol. The minimum absolute atomic E-state index is 0.0232. The zero-order valence-electron chi connectivity index (χ0n) is 16.4. The van der Waals surface area contributed by atoms with Gasteiger partial charge >= 0.3 is 23.3 Å². The number of fused-ring (bicyclic) bond motifs is 2. The minimum atomic E-state index is -1.50. The van der Waals surface area contributed by atoms with Gasteiger partial charge in [0.05, 0.1) is 9.85 Å². The monoisotopic (exact) mass is 448 g/mol. The molecule has 4 rings (SSSR count). The summed E-state index contributed by atoms with van der Waals surface area (Å²) in [4.78, 5) is 46.9. The molecule has 0 spiro atoms. The maximum Gasteiger partial charge on any atom is 0.353 e. The van der Waals surface area contributed by atoms with Gasteiger partial charge in [-0.05, 0) is 22.9 Å². The van der Waals surface area contributed by atoms with E-state index in [1.165, 1.54) is 36.4 Å². The molecule has 164 valence electrons. The van der Waals surface area contributed by atoms with Gasteiger partial charge < -0.3 is 14.9 Å². The van der Waals surface area contributed by atoms with Crippen LogP contribution in [0.25, 0.3) is 21.5 Å². The van der Waals surface area contributed by atoms with Crippen molar-refractivity contribution in [1.82, 2.24) is 0 Å². The fourth-order valence-electron chi connectivity index (χ4n) is 3.61. The Morgan fingerprint density at radius 2 is 1.06 bits per heavy atom. The molecular formula is C22H12N2O9. The smallest absolute Gasteiger partial charge is 0.353 e. The van der Waals surface area contributed by atoms with Crippen LogP contribution in [0.3, 0.4) is 0 Å². The lowest BCUT2D eigenvalue weighted by Crippen LogP contribution is -2.16. The van der Waals surface area contributed by atoms with Crippen molar-refractivity contribution in [2.75, 3.05) is 0 Å². The standard InChI is InChI=1S/C22H12N2O9/c25-15-9-11-5-1-3-7-13(11)17(19(15)23(29)30)21(27)33-22(28)18-14-8-4-2-6-12(14)10-16(26)20(18)24(31)32/h1-10,25-26H. The molecule has 11 heteroatoms. The number of nitro benzene ring substituents is 2. The summed E-state index contributed by atoms with van der Waals surface area (Å²) in [7, 11) is 0. The van der Waals surface area contributed by atoms with Gasteiger partial charge in [-0.25, -0.2) is 9.59 Å². The molecule has 4 aromatic carbocycles. The van der Waals surface area contributed by atoms with E-state index in [-0.39, 0.29) is 21.5 Å². The predicted octanol–water partition coefficient (Wildman–Crippen LogP) is 4.22. The van der Waals surface area contributed by atoms with E-state index in [2.05, 4.69) is 0 Å². The Hall–Kier alpha value is -5.06. The van der Waals surface area contributed by atoms with Crippen LogP contribution in [0.4, 0.5) is 11.4 Å². The van der Waals surface area contributed by atoms with Crippen molar-refractivity contribution in [2.24, 2.45) is 0 Å². The first kappa shape index (κ1) is 21.2. The topological polar surface area (TPSA) is 170 Å². The Kier molecular flexibility index (Phi) is 5.06. The van der Waals surface area contributed by atoms with Crippen LogP contribution >= 0.6 is 0 Å². The van der Waals surface area contributed by atoms with E-state index in [0.29, 0.717) is 0 Å². The highest BCUT2D eigenvalue weighted by Crippen LogP contribution is 2.39. The number of nitro groups is 2. The number of esters is 2. The molecule has 0 heterocycles. The number of rotatable bonds is 4. The van der Waals surface area contributed by atoms with E-state index in [0.717, 1.165) is 12.1 Å². The number of phenols is 2. The number of carbonyl (C=O) groups is 2. The Balaban J connectivity index is 1.89. The lowest BCUT2D eigenvalue weighted by atomic mass is 10.0. The summed E-state index contributed by atoms with van der Waals surface area (Å²) < 4.78 is 4.82. The molecule has 4 aromatic rings. The Bertz CT molecular complexity index is 1400. The van der Waals surface area contributed by atoms with E-state index >= 15 is 0 Å². The van der Waals surface area contributed by atoms with Crippen molar-refractivity contribution in [3.05, 3.63) is 92.0 Å². The second-order valence-electron chi connectivity index (χ2n) is 6.87. The van der Waals surface area contributed by atoms with Crippen LogP contribution in [0.2, 0.25) is 0 Å².